The molecule has 0 saturated carbocycles. The second kappa shape index (κ2) is 10.6. The average Bonchev–Trinajstić information content (AvgIpc) is 2.74. The van der Waals surface area contributed by atoms with Crippen molar-refractivity contribution >= 4 is 22.1 Å². The summed E-state index contributed by atoms with van der Waals surface area (Å²) in [4.78, 5) is 0. The number of quaternary nitrogens is 1. The van der Waals surface area contributed by atoms with E-state index in [9.17, 15) is 5.11 Å². The third-order valence-corrected chi connectivity index (χ3v) is 4.32. The summed E-state index contributed by atoms with van der Waals surface area (Å²) in [6.07, 6.45) is 0. The normalized spacial score (nSPS) is 11.3. The molecule has 1 N–H and O–H groups in total. The molecule has 0 unspecified atom stereocenters. The molecule has 0 atom stereocenters. The number of methoxy groups -OCH3 is 1. The second-order valence-electron chi connectivity index (χ2n) is 7.55. The quantitative estimate of drug-likeness (QED) is 0.379. The third kappa shape index (κ3) is 6.19. The molecule has 0 aliphatic rings. The lowest BCUT2D eigenvalue weighted by Crippen LogP contribution is -2.38. The number of hydrogen-bond acceptors (Lipinski definition) is 5. The SMILES string of the molecule is CC.COc1ccc2ccc(O)c(N=Nc3ccccc3OCC[N+](C)(C)C)c2c1. The zero-order valence-corrected chi connectivity index (χ0v) is 18.7. The third-order valence-electron chi connectivity index (χ3n) is 4.32. The molecule has 0 fully saturated rings. The minimum Gasteiger partial charge on any atom is -0.506 e. The first-order valence-electron chi connectivity index (χ1n) is 10.1. The number of aromatic hydroxyl groups is 1. The van der Waals surface area contributed by atoms with Gasteiger partial charge in [-0.2, -0.15) is 0 Å². The number of rotatable bonds is 7. The summed E-state index contributed by atoms with van der Waals surface area (Å²) in [7, 11) is 7.96. The monoisotopic (exact) mass is 410 g/mol. The zero-order valence-electron chi connectivity index (χ0n) is 18.7. The summed E-state index contributed by atoms with van der Waals surface area (Å²) in [5.74, 6) is 1.42. The first-order valence-corrected chi connectivity index (χ1v) is 10.1. The molecule has 160 valence electrons. The molecule has 3 rings (SSSR count). The van der Waals surface area contributed by atoms with Gasteiger partial charge in [-0.3, -0.25) is 0 Å². The van der Waals surface area contributed by atoms with E-state index in [-0.39, 0.29) is 5.75 Å². The van der Waals surface area contributed by atoms with E-state index in [1.807, 2.05) is 62.4 Å². The maximum atomic E-state index is 10.3. The van der Waals surface area contributed by atoms with Crippen LogP contribution in [0, 0.1) is 0 Å². The number of phenolic OH excluding ortho intramolecular Hbond substituents is 1. The van der Waals surface area contributed by atoms with Gasteiger partial charge >= 0.3 is 0 Å². The Morgan fingerprint density at radius 3 is 2.33 bits per heavy atom. The van der Waals surface area contributed by atoms with E-state index >= 15 is 0 Å². The fraction of sp³-hybridized carbons (Fsp3) is 0.333. The highest BCUT2D eigenvalue weighted by molar-refractivity contribution is 5.96. The van der Waals surface area contributed by atoms with Gasteiger partial charge in [0, 0.05) is 5.39 Å². The number of azo groups is 1. The predicted octanol–water partition coefficient (Wildman–Crippen LogP) is 6.08. The predicted molar refractivity (Wildman–Crippen MR) is 123 cm³/mol. The molecule has 0 aliphatic heterocycles. The number of ether oxygens (including phenoxy) is 2. The highest BCUT2D eigenvalue weighted by Gasteiger charge is 2.10. The fourth-order valence-electron chi connectivity index (χ4n) is 2.70. The van der Waals surface area contributed by atoms with Crippen molar-refractivity contribution in [2.24, 2.45) is 10.2 Å². The maximum absolute atomic E-state index is 10.3. The molecule has 0 aliphatic carbocycles. The molecule has 30 heavy (non-hydrogen) atoms. The fourth-order valence-corrected chi connectivity index (χ4v) is 2.70. The summed E-state index contributed by atoms with van der Waals surface area (Å²) in [5, 5.41) is 20.7. The molecule has 3 aromatic carbocycles. The number of nitrogens with zero attached hydrogens (tertiary/aromatic N) is 3. The van der Waals surface area contributed by atoms with Gasteiger partial charge < -0.3 is 19.1 Å². The van der Waals surface area contributed by atoms with E-state index in [2.05, 4.69) is 31.4 Å². The van der Waals surface area contributed by atoms with Gasteiger partial charge in [-0.1, -0.05) is 38.1 Å². The van der Waals surface area contributed by atoms with Crippen LogP contribution in [0.15, 0.2) is 64.8 Å². The minimum atomic E-state index is 0.0629. The van der Waals surface area contributed by atoms with Crippen LogP contribution in [-0.4, -0.2) is 51.0 Å². The van der Waals surface area contributed by atoms with E-state index in [1.54, 1.807) is 13.2 Å². The number of para-hydroxylation sites is 1. The van der Waals surface area contributed by atoms with Gasteiger partial charge in [0.1, 0.15) is 41.8 Å². The van der Waals surface area contributed by atoms with Gasteiger partial charge in [0.15, 0.2) is 0 Å². The van der Waals surface area contributed by atoms with E-state index in [0.717, 1.165) is 21.8 Å². The van der Waals surface area contributed by atoms with Crippen LogP contribution in [0.1, 0.15) is 13.8 Å². The molecule has 0 bridgehead atoms. The molecule has 6 heteroatoms. The number of benzene rings is 3. The average molecular weight is 411 g/mol. The Labute approximate surface area is 179 Å². The summed E-state index contributed by atoms with van der Waals surface area (Å²) < 4.78 is 12.0. The number of phenols is 1. The Kier molecular flexibility index (Phi) is 8.18. The lowest BCUT2D eigenvalue weighted by Gasteiger charge is -2.23. The van der Waals surface area contributed by atoms with E-state index < -0.39 is 0 Å². The first kappa shape index (κ1) is 23.2. The molecular formula is C24H32N3O3+. The van der Waals surface area contributed by atoms with Gasteiger partial charge in [-0.15, -0.1) is 10.2 Å². The van der Waals surface area contributed by atoms with Crippen LogP contribution in [0.25, 0.3) is 10.8 Å². The van der Waals surface area contributed by atoms with Crippen LogP contribution >= 0.6 is 0 Å². The van der Waals surface area contributed by atoms with Crippen molar-refractivity contribution in [2.45, 2.75) is 13.8 Å². The van der Waals surface area contributed by atoms with Gasteiger partial charge in [0.05, 0.1) is 28.3 Å². The van der Waals surface area contributed by atoms with Gasteiger partial charge in [0.2, 0.25) is 0 Å². The van der Waals surface area contributed by atoms with Crippen molar-refractivity contribution in [3.8, 4) is 17.2 Å². The van der Waals surface area contributed by atoms with Crippen LogP contribution in [0.3, 0.4) is 0 Å². The van der Waals surface area contributed by atoms with Gasteiger partial charge in [0.25, 0.3) is 0 Å². The van der Waals surface area contributed by atoms with Gasteiger partial charge in [-0.25, -0.2) is 0 Å². The van der Waals surface area contributed by atoms with Crippen LogP contribution < -0.4 is 9.47 Å². The van der Waals surface area contributed by atoms with E-state index in [1.165, 1.54) is 0 Å². The molecular weight excluding hydrogens is 378 g/mol. The Morgan fingerprint density at radius 2 is 1.63 bits per heavy atom. The van der Waals surface area contributed by atoms with Crippen LogP contribution in [0.2, 0.25) is 0 Å². The molecule has 0 saturated heterocycles. The Balaban J connectivity index is 0.00000155. The van der Waals surface area contributed by atoms with Crippen molar-refractivity contribution in [1.82, 2.24) is 0 Å². The molecule has 0 aromatic heterocycles. The highest BCUT2D eigenvalue weighted by Crippen LogP contribution is 2.38. The summed E-state index contributed by atoms with van der Waals surface area (Å²) in [6, 6.07) is 16.6. The molecule has 6 nitrogen and oxygen atoms in total. The largest absolute Gasteiger partial charge is 0.506 e. The maximum Gasteiger partial charge on any atom is 0.147 e. The summed E-state index contributed by atoms with van der Waals surface area (Å²) in [6.45, 7) is 5.45. The molecule has 3 aromatic rings. The molecule has 0 amide bonds. The van der Waals surface area contributed by atoms with Crippen molar-refractivity contribution in [2.75, 3.05) is 41.4 Å². The summed E-state index contributed by atoms with van der Waals surface area (Å²) in [5.41, 5.74) is 1.01. The van der Waals surface area contributed by atoms with Crippen LogP contribution in [0.5, 0.6) is 17.2 Å². The summed E-state index contributed by atoms with van der Waals surface area (Å²) >= 11 is 0. The Bertz CT molecular complexity index is 995. The van der Waals surface area contributed by atoms with E-state index in [4.69, 9.17) is 9.47 Å². The Hall–Kier alpha value is -3.12. The van der Waals surface area contributed by atoms with Crippen LogP contribution in [-0.2, 0) is 0 Å². The van der Waals surface area contributed by atoms with E-state index in [0.29, 0.717) is 29.5 Å². The van der Waals surface area contributed by atoms with Crippen molar-refractivity contribution < 1.29 is 19.1 Å². The minimum absolute atomic E-state index is 0.0629. The van der Waals surface area contributed by atoms with Crippen molar-refractivity contribution in [1.29, 1.82) is 0 Å². The lowest BCUT2D eigenvalue weighted by molar-refractivity contribution is -0.870. The van der Waals surface area contributed by atoms with Crippen molar-refractivity contribution in [3.05, 3.63) is 54.6 Å². The molecule has 0 heterocycles. The highest BCUT2D eigenvalue weighted by atomic mass is 16.5. The second-order valence-corrected chi connectivity index (χ2v) is 7.55. The zero-order chi connectivity index (χ0) is 22.1. The first-order chi connectivity index (χ1) is 14.4. The Morgan fingerprint density at radius 1 is 0.933 bits per heavy atom. The van der Waals surface area contributed by atoms with Crippen molar-refractivity contribution in [3.63, 3.8) is 0 Å². The lowest BCUT2D eigenvalue weighted by atomic mass is 10.1. The number of fused-ring (bicyclic) bond motifs is 1. The molecule has 0 spiro atoms. The topological polar surface area (TPSA) is 63.4 Å². The smallest absolute Gasteiger partial charge is 0.147 e. The number of likely N-dealkylation sites (N-methyl/N-ethyl adjacent to an activating group) is 1. The molecule has 0 radical (unpaired) electrons. The van der Waals surface area contributed by atoms with Gasteiger partial charge in [-0.05, 0) is 35.7 Å². The van der Waals surface area contributed by atoms with Crippen LogP contribution in [0.4, 0.5) is 11.4 Å². The standard InChI is InChI=1S/C22H25N3O3.C2H6/c1-25(2,3)13-14-28-21-8-6-5-7-19(21)23-24-22-18-15-17(27-4)11-9-16(18)10-12-20(22)26;1-2/h5-12,15H,13-14H2,1-4H3;1-2H3/p+1. The number of hydrogen-bond donors (Lipinski definition) is 1.